The molecule has 1 aromatic heterocycles. The molecule has 0 fully saturated rings. The lowest BCUT2D eigenvalue weighted by atomic mass is 9.90. The van der Waals surface area contributed by atoms with Crippen molar-refractivity contribution >= 4 is 5.91 Å². The number of nitrogens with zero attached hydrogens (tertiary/aromatic N) is 2. The van der Waals surface area contributed by atoms with E-state index in [4.69, 9.17) is 0 Å². The zero-order valence-electron chi connectivity index (χ0n) is 10.9. The minimum atomic E-state index is 0.137. The first-order chi connectivity index (χ1) is 7.97. The lowest BCUT2D eigenvalue weighted by molar-refractivity contribution is -0.121. The second kappa shape index (κ2) is 6.37. The summed E-state index contributed by atoms with van der Waals surface area (Å²) in [6.07, 6.45) is 4.72. The van der Waals surface area contributed by atoms with Crippen molar-refractivity contribution in [1.82, 2.24) is 20.5 Å². The van der Waals surface area contributed by atoms with Crippen molar-refractivity contribution in [2.24, 2.45) is 5.41 Å². The summed E-state index contributed by atoms with van der Waals surface area (Å²) in [5.41, 5.74) is 0.219. The van der Waals surface area contributed by atoms with Gasteiger partial charge in [-0.2, -0.15) is 5.10 Å². The molecule has 0 unspecified atom stereocenters. The van der Waals surface area contributed by atoms with E-state index in [0.29, 0.717) is 13.0 Å². The number of carbonyl (C=O) groups excluding carboxylic acids is 1. The number of amides is 1. The van der Waals surface area contributed by atoms with Crippen LogP contribution in [-0.4, -0.2) is 27.6 Å². The van der Waals surface area contributed by atoms with Gasteiger partial charge in [0.25, 0.3) is 0 Å². The van der Waals surface area contributed by atoms with Gasteiger partial charge in [0.05, 0.1) is 0 Å². The van der Waals surface area contributed by atoms with Crippen molar-refractivity contribution < 1.29 is 4.79 Å². The zero-order chi connectivity index (χ0) is 12.7. The lowest BCUT2D eigenvalue weighted by Crippen LogP contribution is -2.25. The Bertz CT molecular complexity index is 327. The summed E-state index contributed by atoms with van der Waals surface area (Å²) in [6.45, 7) is 7.13. The number of aromatic amines is 1. The second-order valence-corrected chi connectivity index (χ2v) is 5.45. The minimum Gasteiger partial charge on any atom is -0.356 e. The highest BCUT2D eigenvalue weighted by atomic mass is 16.1. The summed E-state index contributed by atoms with van der Waals surface area (Å²) in [5.74, 6) is 1.01. The van der Waals surface area contributed by atoms with Crippen molar-refractivity contribution in [3.05, 3.63) is 12.2 Å². The van der Waals surface area contributed by atoms with Gasteiger partial charge in [-0.25, -0.2) is 4.98 Å². The third-order valence-electron chi connectivity index (χ3n) is 2.48. The SMILES string of the molecule is CC(C)(C)CCC(=O)NCCCc1ncn[nH]1. The van der Waals surface area contributed by atoms with E-state index in [-0.39, 0.29) is 11.3 Å². The molecule has 96 valence electrons. The topological polar surface area (TPSA) is 70.7 Å². The first-order valence-corrected chi connectivity index (χ1v) is 6.08. The van der Waals surface area contributed by atoms with Gasteiger partial charge in [-0.15, -0.1) is 0 Å². The predicted octanol–water partition coefficient (Wildman–Crippen LogP) is 1.68. The molecule has 5 heteroatoms. The highest BCUT2D eigenvalue weighted by molar-refractivity contribution is 5.75. The number of hydrogen-bond donors (Lipinski definition) is 2. The number of aryl methyl sites for hydroxylation is 1. The standard InChI is InChI=1S/C12H22N4O/c1-12(2,3)7-6-11(17)13-8-4-5-10-14-9-15-16-10/h9H,4-8H2,1-3H3,(H,13,17)(H,14,15,16). The zero-order valence-corrected chi connectivity index (χ0v) is 10.9. The highest BCUT2D eigenvalue weighted by Crippen LogP contribution is 2.20. The smallest absolute Gasteiger partial charge is 0.220 e. The quantitative estimate of drug-likeness (QED) is 0.741. The van der Waals surface area contributed by atoms with E-state index in [1.807, 2.05) is 0 Å². The average Bonchev–Trinajstić information content (AvgIpc) is 2.73. The fraction of sp³-hybridized carbons (Fsp3) is 0.750. The summed E-state index contributed by atoms with van der Waals surface area (Å²) >= 11 is 0. The van der Waals surface area contributed by atoms with Gasteiger partial charge in [0.2, 0.25) is 5.91 Å². The Morgan fingerprint density at radius 1 is 1.47 bits per heavy atom. The Hall–Kier alpha value is -1.39. The molecule has 1 aromatic rings. The molecule has 0 spiro atoms. The third kappa shape index (κ3) is 6.71. The summed E-state index contributed by atoms with van der Waals surface area (Å²) in [6, 6.07) is 0. The van der Waals surface area contributed by atoms with Crippen LogP contribution in [0.1, 0.15) is 45.9 Å². The molecule has 0 aliphatic heterocycles. The van der Waals surface area contributed by atoms with Crippen LogP contribution in [0.2, 0.25) is 0 Å². The minimum absolute atomic E-state index is 0.137. The molecule has 0 radical (unpaired) electrons. The van der Waals surface area contributed by atoms with Crippen LogP contribution in [0.5, 0.6) is 0 Å². The predicted molar refractivity (Wildman–Crippen MR) is 66.4 cm³/mol. The van der Waals surface area contributed by atoms with E-state index in [0.717, 1.165) is 25.1 Å². The number of rotatable bonds is 6. The molecule has 1 amide bonds. The number of aromatic nitrogens is 3. The molecule has 0 saturated heterocycles. The van der Waals surface area contributed by atoms with Crippen LogP contribution >= 0.6 is 0 Å². The van der Waals surface area contributed by atoms with E-state index < -0.39 is 0 Å². The summed E-state index contributed by atoms with van der Waals surface area (Å²) in [4.78, 5) is 15.5. The molecule has 1 heterocycles. The van der Waals surface area contributed by atoms with Crippen LogP contribution in [0.25, 0.3) is 0 Å². The maximum Gasteiger partial charge on any atom is 0.220 e. The molecule has 1 rings (SSSR count). The van der Waals surface area contributed by atoms with Crippen molar-refractivity contribution in [3.8, 4) is 0 Å². The molecule has 5 nitrogen and oxygen atoms in total. The van der Waals surface area contributed by atoms with E-state index in [2.05, 4.69) is 41.3 Å². The van der Waals surface area contributed by atoms with Crippen LogP contribution in [0, 0.1) is 5.41 Å². The number of nitrogens with one attached hydrogen (secondary N) is 2. The Morgan fingerprint density at radius 2 is 2.24 bits per heavy atom. The van der Waals surface area contributed by atoms with Crippen LogP contribution in [0.15, 0.2) is 6.33 Å². The van der Waals surface area contributed by atoms with E-state index >= 15 is 0 Å². The fourth-order valence-corrected chi connectivity index (χ4v) is 1.41. The molecule has 0 aromatic carbocycles. The first kappa shape index (κ1) is 13.7. The normalized spacial score (nSPS) is 11.5. The number of H-pyrrole nitrogens is 1. The third-order valence-corrected chi connectivity index (χ3v) is 2.48. The maximum absolute atomic E-state index is 11.5. The lowest BCUT2D eigenvalue weighted by Gasteiger charge is -2.17. The molecule has 2 N–H and O–H groups in total. The van der Waals surface area contributed by atoms with Gasteiger partial charge in [-0.05, 0) is 18.3 Å². The van der Waals surface area contributed by atoms with Crippen molar-refractivity contribution in [1.29, 1.82) is 0 Å². The Kier molecular flexibility index (Phi) is 5.12. The summed E-state index contributed by atoms with van der Waals surface area (Å²) in [5, 5.41) is 9.48. The molecule has 0 aliphatic carbocycles. The summed E-state index contributed by atoms with van der Waals surface area (Å²) in [7, 11) is 0. The molecule has 0 atom stereocenters. The van der Waals surface area contributed by atoms with Gasteiger partial charge < -0.3 is 5.32 Å². The van der Waals surface area contributed by atoms with Crippen LogP contribution in [-0.2, 0) is 11.2 Å². The van der Waals surface area contributed by atoms with Gasteiger partial charge in [0.15, 0.2) is 0 Å². The molecular formula is C12H22N4O. The fourth-order valence-electron chi connectivity index (χ4n) is 1.41. The Balaban J connectivity index is 2.04. The van der Waals surface area contributed by atoms with E-state index in [1.54, 1.807) is 0 Å². The van der Waals surface area contributed by atoms with Gasteiger partial charge in [-0.1, -0.05) is 20.8 Å². The largest absolute Gasteiger partial charge is 0.356 e. The van der Waals surface area contributed by atoms with Crippen molar-refractivity contribution in [3.63, 3.8) is 0 Å². The molecule has 17 heavy (non-hydrogen) atoms. The van der Waals surface area contributed by atoms with E-state index in [9.17, 15) is 4.79 Å². The monoisotopic (exact) mass is 238 g/mol. The molecular weight excluding hydrogens is 216 g/mol. The van der Waals surface area contributed by atoms with E-state index in [1.165, 1.54) is 6.33 Å². The maximum atomic E-state index is 11.5. The van der Waals surface area contributed by atoms with Crippen LogP contribution < -0.4 is 5.32 Å². The molecule has 0 aliphatic rings. The molecule has 0 saturated carbocycles. The van der Waals surface area contributed by atoms with Gasteiger partial charge in [0.1, 0.15) is 12.2 Å². The van der Waals surface area contributed by atoms with Crippen LogP contribution in [0.4, 0.5) is 0 Å². The van der Waals surface area contributed by atoms with Crippen LogP contribution in [0.3, 0.4) is 0 Å². The van der Waals surface area contributed by atoms with Crippen molar-refractivity contribution in [2.45, 2.75) is 46.5 Å². The average molecular weight is 238 g/mol. The number of carbonyl (C=O) groups is 1. The van der Waals surface area contributed by atoms with Gasteiger partial charge >= 0.3 is 0 Å². The first-order valence-electron chi connectivity index (χ1n) is 6.08. The van der Waals surface area contributed by atoms with Crippen molar-refractivity contribution in [2.75, 3.05) is 6.54 Å². The Morgan fingerprint density at radius 3 is 2.82 bits per heavy atom. The molecule has 0 bridgehead atoms. The Labute approximate surface area is 102 Å². The number of hydrogen-bond acceptors (Lipinski definition) is 3. The van der Waals surface area contributed by atoms with Gasteiger partial charge in [-0.3, -0.25) is 9.89 Å². The summed E-state index contributed by atoms with van der Waals surface area (Å²) < 4.78 is 0. The van der Waals surface area contributed by atoms with Gasteiger partial charge in [0, 0.05) is 19.4 Å². The second-order valence-electron chi connectivity index (χ2n) is 5.45. The highest BCUT2D eigenvalue weighted by Gasteiger charge is 2.12.